The summed E-state index contributed by atoms with van der Waals surface area (Å²) < 4.78 is 28.6. The zero-order valence-electron chi connectivity index (χ0n) is 22.4. The number of benzene rings is 2. The second-order valence-corrected chi connectivity index (χ2v) is 9.04. The average Bonchev–Trinajstić information content (AvgIpc) is 2.85. The first-order valence-corrected chi connectivity index (χ1v) is 11.3. The van der Waals surface area contributed by atoms with Crippen LogP contribution in [0.3, 0.4) is 0 Å². The summed E-state index contributed by atoms with van der Waals surface area (Å²) in [6.07, 6.45) is -1.12. The number of piperazine rings is 1. The molecule has 1 fully saturated rings. The van der Waals surface area contributed by atoms with Crippen LogP contribution in [0.1, 0.15) is 48.0 Å². The lowest BCUT2D eigenvalue weighted by Gasteiger charge is -2.47. The van der Waals surface area contributed by atoms with Crippen LogP contribution in [0, 0.1) is 11.8 Å². The fourth-order valence-electron chi connectivity index (χ4n) is 4.10. The third kappa shape index (κ3) is 5.67. The van der Waals surface area contributed by atoms with Gasteiger partial charge in [0, 0.05) is 14.5 Å². The molecule has 6 heteroatoms. The van der Waals surface area contributed by atoms with Gasteiger partial charge >= 0.3 is 0 Å². The molecule has 1 aliphatic rings. The molecule has 0 saturated carbocycles. The highest BCUT2D eigenvalue weighted by Crippen LogP contribution is 2.30. The molecule has 0 radical (unpaired) electrons. The van der Waals surface area contributed by atoms with Crippen molar-refractivity contribution in [3.8, 4) is 11.5 Å². The van der Waals surface area contributed by atoms with Crippen LogP contribution in [-0.2, 0) is 22.7 Å². The maximum absolute atomic E-state index is 14.1. The molecule has 178 valence electrons. The molecule has 2 aromatic carbocycles. The van der Waals surface area contributed by atoms with E-state index in [1.54, 1.807) is 52.3 Å². The van der Waals surface area contributed by atoms with Crippen LogP contribution in [0.15, 0.2) is 48.5 Å². The van der Waals surface area contributed by atoms with Gasteiger partial charge in [0.05, 0.1) is 15.6 Å². The van der Waals surface area contributed by atoms with Gasteiger partial charge in [-0.05, 0) is 53.6 Å². The average molecular weight is 455 g/mol. The second kappa shape index (κ2) is 10.7. The van der Waals surface area contributed by atoms with Gasteiger partial charge < -0.3 is 19.3 Å². The van der Waals surface area contributed by atoms with E-state index < -0.39 is 24.4 Å². The normalized spacial score (nSPS) is 23.0. The summed E-state index contributed by atoms with van der Waals surface area (Å²) in [4.78, 5) is 30.8. The fraction of sp³-hybridized carbons (Fsp3) is 0.481. The van der Waals surface area contributed by atoms with Crippen molar-refractivity contribution in [1.82, 2.24) is 9.80 Å². The summed E-state index contributed by atoms with van der Waals surface area (Å²) >= 11 is 0. The van der Waals surface area contributed by atoms with E-state index in [9.17, 15) is 11.0 Å². The highest BCUT2D eigenvalue weighted by Gasteiger charge is 2.46. The van der Waals surface area contributed by atoms with E-state index in [2.05, 4.69) is 0 Å². The van der Waals surface area contributed by atoms with Gasteiger partial charge in [-0.3, -0.25) is 9.59 Å². The Hall–Kier alpha value is -3.02. The Balaban J connectivity index is 2.05. The Labute approximate surface area is 200 Å². The highest BCUT2D eigenvalue weighted by atomic mass is 16.5. The van der Waals surface area contributed by atoms with Gasteiger partial charge in [-0.15, -0.1) is 0 Å². The van der Waals surface area contributed by atoms with Gasteiger partial charge in [0.1, 0.15) is 23.6 Å². The van der Waals surface area contributed by atoms with E-state index in [4.69, 9.17) is 10.8 Å². The Kier molecular flexibility index (Phi) is 7.09. The molecule has 0 aromatic heterocycles. The Bertz CT molecular complexity index is 1030. The lowest BCUT2D eigenvalue weighted by Crippen LogP contribution is -2.65. The molecule has 2 amide bonds. The van der Waals surface area contributed by atoms with Gasteiger partial charge in [-0.25, -0.2) is 0 Å². The van der Waals surface area contributed by atoms with E-state index in [0.717, 1.165) is 11.1 Å². The van der Waals surface area contributed by atoms with Crippen molar-refractivity contribution in [2.45, 2.75) is 59.2 Å². The summed E-state index contributed by atoms with van der Waals surface area (Å²) in [5, 5.41) is 0. The molecule has 0 N–H and O–H groups in total. The molecule has 1 aliphatic heterocycles. The molecule has 0 bridgehead atoms. The van der Waals surface area contributed by atoms with Crippen LogP contribution in [0.5, 0.6) is 11.5 Å². The number of hydrogen-bond acceptors (Lipinski definition) is 4. The Morgan fingerprint density at radius 3 is 1.67 bits per heavy atom. The first kappa shape index (κ1) is 21.8. The lowest BCUT2D eigenvalue weighted by atomic mass is 9.90. The van der Waals surface area contributed by atoms with Crippen LogP contribution < -0.4 is 9.47 Å². The molecular weight excluding hydrogens is 416 g/mol. The molecule has 0 spiro atoms. The highest BCUT2D eigenvalue weighted by molar-refractivity contribution is 5.97. The Morgan fingerprint density at radius 2 is 1.27 bits per heavy atom. The molecule has 2 aromatic rings. The summed E-state index contributed by atoms with van der Waals surface area (Å²) in [7, 11) is 3.16. The standard InChI is InChI=1S/C27H36N2O4/c1-18(2)15-24-26(30)29(17-21-9-13-23(33-6)14-10-21)25(19(3)4)27(31)28(24)16-20-7-11-22(32-5)12-8-20/h7-14,18-19,24-25H,15-17H2,1-6H3/t24-,25-/m0/s1/i15D,24D/t15-,24-,25-. The van der Waals surface area contributed by atoms with Crippen molar-refractivity contribution in [1.29, 1.82) is 0 Å². The Morgan fingerprint density at radius 1 is 0.818 bits per heavy atom. The molecule has 3 rings (SSSR count). The van der Waals surface area contributed by atoms with Crippen LogP contribution in [-0.4, -0.2) is 47.9 Å². The molecule has 33 heavy (non-hydrogen) atoms. The number of carbonyl (C=O) groups excluding carboxylic acids is 2. The number of methoxy groups -OCH3 is 2. The molecule has 3 atom stereocenters. The van der Waals surface area contributed by atoms with E-state index in [-0.39, 0.29) is 30.8 Å². The zero-order chi connectivity index (χ0) is 25.9. The van der Waals surface area contributed by atoms with Crippen LogP contribution in [0.25, 0.3) is 0 Å². The van der Waals surface area contributed by atoms with Crippen LogP contribution >= 0.6 is 0 Å². The number of amides is 2. The predicted octanol–water partition coefficient (Wildman–Crippen LogP) is 4.51. The predicted molar refractivity (Wildman–Crippen MR) is 129 cm³/mol. The van der Waals surface area contributed by atoms with Crippen molar-refractivity contribution in [2.75, 3.05) is 14.2 Å². The van der Waals surface area contributed by atoms with Crippen molar-refractivity contribution in [3.05, 3.63) is 59.7 Å². The maximum Gasteiger partial charge on any atom is 0.246 e. The summed E-state index contributed by atoms with van der Waals surface area (Å²) in [5.41, 5.74) is 1.60. The third-order valence-corrected chi connectivity index (χ3v) is 5.76. The summed E-state index contributed by atoms with van der Waals surface area (Å²) in [6.45, 7) is 7.66. The van der Waals surface area contributed by atoms with E-state index in [0.29, 0.717) is 11.5 Å². The number of nitrogens with zero attached hydrogens (tertiary/aromatic N) is 2. The smallest absolute Gasteiger partial charge is 0.246 e. The summed E-state index contributed by atoms with van der Waals surface area (Å²) in [6, 6.07) is 11.7. The van der Waals surface area contributed by atoms with Gasteiger partial charge in [0.25, 0.3) is 0 Å². The minimum absolute atomic E-state index is 0.0692. The zero-order valence-corrected chi connectivity index (χ0v) is 20.4. The minimum Gasteiger partial charge on any atom is -0.497 e. The molecule has 1 heterocycles. The number of carbonyl (C=O) groups is 2. The van der Waals surface area contributed by atoms with Crippen molar-refractivity contribution >= 4 is 11.8 Å². The number of ether oxygens (including phenoxy) is 2. The second-order valence-electron chi connectivity index (χ2n) is 9.04. The van der Waals surface area contributed by atoms with Crippen molar-refractivity contribution in [2.24, 2.45) is 11.8 Å². The lowest BCUT2D eigenvalue weighted by molar-refractivity contribution is -0.166. The van der Waals surface area contributed by atoms with Gasteiger partial charge in [0.2, 0.25) is 11.8 Å². The van der Waals surface area contributed by atoms with E-state index in [1.165, 1.54) is 9.80 Å². The van der Waals surface area contributed by atoms with Crippen molar-refractivity contribution < 1.29 is 21.8 Å². The monoisotopic (exact) mass is 454 g/mol. The first-order valence-electron chi connectivity index (χ1n) is 12.4. The topological polar surface area (TPSA) is 59.1 Å². The summed E-state index contributed by atoms with van der Waals surface area (Å²) in [5.74, 6) is 0.0718. The van der Waals surface area contributed by atoms with Gasteiger partial charge in [0.15, 0.2) is 0 Å². The van der Waals surface area contributed by atoms with E-state index in [1.807, 2.05) is 38.1 Å². The fourth-order valence-corrected chi connectivity index (χ4v) is 4.10. The number of hydrogen-bond donors (Lipinski definition) is 0. The van der Waals surface area contributed by atoms with Crippen LogP contribution in [0.4, 0.5) is 0 Å². The quantitative estimate of drug-likeness (QED) is 0.559. The largest absolute Gasteiger partial charge is 0.497 e. The van der Waals surface area contributed by atoms with Gasteiger partial charge in [-0.1, -0.05) is 52.0 Å². The van der Waals surface area contributed by atoms with Crippen molar-refractivity contribution in [3.63, 3.8) is 0 Å². The SMILES string of the molecule is [2H][C@@H](C(C)C)[C@@]1([2H])C(=O)N(Cc2ccc(OC)cc2)[C@@H](C(C)C)C(=O)N1Cc1ccc(OC)cc1. The van der Waals surface area contributed by atoms with Gasteiger partial charge in [-0.2, -0.15) is 0 Å². The molecule has 0 unspecified atom stereocenters. The molecule has 6 nitrogen and oxygen atoms in total. The molecule has 1 saturated heterocycles. The first-order chi connectivity index (χ1) is 16.5. The molecular formula is C27H36N2O4. The maximum atomic E-state index is 14.1. The minimum atomic E-state index is -2.05. The van der Waals surface area contributed by atoms with E-state index >= 15 is 0 Å². The number of rotatable bonds is 9. The van der Waals surface area contributed by atoms with Crippen LogP contribution in [0.2, 0.25) is 0 Å². The third-order valence-electron chi connectivity index (χ3n) is 5.76. The molecule has 0 aliphatic carbocycles.